The Balaban J connectivity index is 1.50. The summed E-state index contributed by atoms with van der Waals surface area (Å²) < 4.78 is 0. The number of Topliss-reactive ketones (excluding diaryl/α,β-unsaturated/α-hetero) is 1. The number of carbonyl (C=O) groups excluding carboxylic acids is 3. The zero-order valence-electron chi connectivity index (χ0n) is 15.9. The lowest BCUT2D eigenvalue weighted by atomic mass is 9.92. The molecule has 9 nitrogen and oxygen atoms in total. The van der Waals surface area contributed by atoms with E-state index in [-0.39, 0.29) is 17.1 Å². The molecule has 2 aliphatic heterocycles. The molecule has 2 amide bonds. The van der Waals surface area contributed by atoms with Crippen molar-refractivity contribution in [2.24, 2.45) is 11.1 Å². The zero-order valence-corrected chi connectivity index (χ0v) is 15.9. The molecule has 31 heavy (non-hydrogen) atoms. The molecule has 0 saturated carbocycles. The smallest absolute Gasteiger partial charge is 0.279 e. The molecule has 0 bridgehead atoms. The number of rotatable bonds is 4. The number of hydrogen-bond donors (Lipinski definition) is 2. The highest BCUT2D eigenvalue weighted by atomic mass is 16.8. The van der Waals surface area contributed by atoms with E-state index < -0.39 is 34.8 Å². The lowest BCUT2D eigenvalue weighted by molar-refractivity contribution is -0.990. The molecule has 2 heterocycles. The minimum Gasteiger partial charge on any atom is -0.595 e. The summed E-state index contributed by atoms with van der Waals surface area (Å²) in [5, 5.41) is 25.2. The third-order valence-corrected chi connectivity index (χ3v) is 5.43. The van der Waals surface area contributed by atoms with Crippen LogP contribution in [0.2, 0.25) is 0 Å². The van der Waals surface area contributed by atoms with Crippen molar-refractivity contribution in [2.75, 3.05) is 4.90 Å². The second-order valence-corrected chi connectivity index (χ2v) is 7.21. The van der Waals surface area contributed by atoms with Crippen LogP contribution in [0.25, 0.3) is 10.8 Å². The van der Waals surface area contributed by atoms with E-state index in [1.807, 2.05) is 24.3 Å². The number of quaternary nitrogens is 1. The molecule has 3 atom stereocenters. The summed E-state index contributed by atoms with van der Waals surface area (Å²) in [6.45, 7) is 0. The maximum atomic E-state index is 13.1. The molecule has 0 aliphatic carbocycles. The summed E-state index contributed by atoms with van der Waals surface area (Å²) in [5.41, 5.74) is -0.135. The number of hydrogen-bond acceptors (Lipinski definition) is 7. The summed E-state index contributed by atoms with van der Waals surface area (Å²) in [7, 11) is 0. The molecule has 9 heteroatoms. The van der Waals surface area contributed by atoms with Crippen molar-refractivity contribution in [2.45, 2.75) is 6.10 Å². The van der Waals surface area contributed by atoms with Gasteiger partial charge >= 0.3 is 0 Å². The van der Waals surface area contributed by atoms with Gasteiger partial charge in [0.1, 0.15) is 17.3 Å². The standard InChI is InChI=1S/C22H15N3O6/c26-19(14-10-9-12-5-1-2-6-13(12)11-14)18-17-20(31-23-18)22(28)24(21(17)27)15-7-3-4-8-16(15)25(29)30/h1-11,17,20,25,29H/t17-,20-/m1/s1. The third kappa shape index (κ3) is 2.91. The fourth-order valence-corrected chi connectivity index (χ4v) is 3.93. The van der Waals surface area contributed by atoms with E-state index in [4.69, 9.17) is 4.84 Å². The molecule has 3 aromatic rings. The van der Waals surface area contributed by atoms with Gasteiger partial charge in [0, 0.05) is 11.6 Å². The monoisotopic (exact) mass is 417 g/mol. The predicted molar refractivity (Wildman–Crippen MR) is 109 cm³/mol. The molecule has 2 aliphatic rings. The number of anilines is 1. The van der Waals surface area contributed by atoms with Gasteiger partial charge in [-0.25, -0.2) is 10.1 Å². The number of amides is 2. The first kappa shape index (κ1) is 19.1. The van der Waals surface area contributed by atoms with Gasteiger partial charge in [0.15, 0.2) is 5.69 Å². The van der Waals surface area contributed by atoms with E-state index in [2.05, 4.69) is 5.16 Å². The first-order valence-corrected chi connectivity index (χ1v) is 9.44. The Bertz CT molecular complexity index is 1280. The van der Waals surface area contributed by atoms with E-state index >= 15 is 0 Å². The highest BCUT2D eigenvalue weighted by molar-refractivity contribution is 6.52. The average molecular weight is 417 g/mol. The van der Waals surface area contributed by atoms with Gasteiger partial charge in [0.2, 0.25) is 17.8 Å². The van der Waals surface area contributed by atoms with Crippen molar-refractivity contribution < 1.29 is 29.7 Å². The van der Waals surface area contributed by atoms with E-state index in [1.54, 1.807) is 18.2 Å². The highest BCUT2D eigenvalue weighted by Gasteiger charge is 2.58. The molecule has 1 unspecified atom stereocenters. The van der Waals surface area contributed by atoms with Crippen molar-refractivity contribution in [1.29, 1.82) is 0 Å². The summed E-state index contributed by atoms with van der Waals surface area (Å²) in [6.07, 6.45) is -1.30. The Hall–Kier alpha value is -3.92. The normalized spacial score (nSPS) is 21.1. The van der Waals surface area contributed by atoms with Gasteiger partial charge in [-0.2, -0.15) is 5.23 Å². The molecule has 0 radical (unpaired) electrons. The summed E-state index contributed by atoms with van der Waals surface area (Å²) in [5.74, 6) is -3.25. The SMILES string of the molecule is O=C(C1=NO[C@H]2C(=O)N(c3ccccc3[NH+]([O-])O)C(=O)[C@H]12)c1ccc2ccccc2c1. The number of oxime groups is 1. The molecular formula is C22H15N3O6. The van der Waals surface area contributed by atoms with Gasteiger partial charge < -0.3 is 10.0 Å². The van der Waals surface area contributed by atoms with Crippen molar-refractivity contribution in [1.82, 2.24) is 0 Å². The Kier molecular flexibility index (Phi) is 4.36. The Morgan fingerprint density at radius 2 is 1.71 bits per heavy atom. The molecular weight excluding hydrogens is 402 g/mol. The number of nitrogens with zero attached hydrogens (tertiary/aromatic N) is 2. The number of imide groups is 1. The molecule has 1 saturated heterocycles. The fraction of sp³-hybridized carbons (Fsp3) is 0.0909. The minimum atomic E-state index is -1.30. The van der Waals surface area contributed by atoms with Crippen LogP contribution in [0.15, 0.2) is 71.9 Å². The van der Waals surface area contributed by atoms with Gasteiger partial charge in [-0.15, -0.1) is 0 Å². The third-order valence-electron chi connectivity index (χ3n) is 5.43. The van der Waals surface area contributed by atoms with Crippen molar-refractivity contribution in [3.05, 3.63) is 77.5 Å². The van der Waals surface area contributed by atoms with Crippen LogP contribution in [0.3, 0.4) is 0 Å². The van der Waals surface area contributed by atoms with Crippen molar-refractivity contribution in [3.8, 4) is 0 Å². The van der Waals surface area contributed by atoms with Gasteiger partial charge in [0.05, 0.1) is 0 Å². The van der Waals surface area contributed by atoms with E-state index in [1.165, 1.54) is 24.3 Å². The minimum absolute atomic E-state index is 0.0690. The maximum absolute atomic E-state index is 13.1. The second-order valence-electron chi connectivity index (χ2n) is 7.21. The summed E-state index contributed by atoms with van der Waals surface area (Å²) >= 11 is 0. The van der Waals surface area contributed by atoms with E-state index in [0.717, 1.165) is 15.7 Å². The number of nitrogens with one attached hydrogen (secondary N) is 1. The van der Waals surface area contributed by atoms with E-state index in [0.29, 0.717) is 5.56 Å². The maximum Gasteiger partial charge on any atom is 0.279 e. The van der Waals surface area contributed by atoms with Crippen molar-refractivity contribution in [3.63, 3.8) is 0 Å². The van der Waals surface area contributed by atoms with Gasteiger partial charge in [-0.1, -0.05) is 53.7 Å². The number of ketones is 1. The summed E-state index contributed by atoms with van der Waals surface area (Å²) in [4.78, 5) is 45.0. The molecule has 3 aromatic carbocycles. The fourth-order valence-electron chi connectivity index (χ4n) is 3.93. The van der Waals surface area contributed by atoms with Crippen LogP contribution in [0, 0.1) is 11.1 Å². The predicted octanol–water partition coefficient (Wildman–Crippen LogP) is 1.37. The lowest BCUT2D eigenvalue weighted by Gasteiger charge is -2.21. The second kappa shape index (κ2) is 7.10. The topological polar surface area (TPSA) is 124 Å². The van der Waals surface area contributed by atoms with Crippen LogP contribution in [0.1, 0.15) is 10.4 Å². The van der Waals surface area contributed by atoms with Gasteiger partial charge in [0.25, 0.3) is 5.91 Å². The molecule has 1 fully saturated rings. The largest absolute Gasteiger partial charge is 0.595 e. The first-order valence-electron chi connectivity index (χ1n) is 9.44. The van der Waals surface area contributed by atoms with E-state index in [9.17, 15) is 24.8 Å². The van der Waals surface area contributed by atoms with Crippen LogP contribution in [0.5, 0.6) is 0 Å². The molecule has 0 spiro atoms. The number of fused-ring (bicyclic) bond motifs is 2. The zero-order chi connectivity index (χ0) is 21.7. The van der Waals surface area contributed by atoms with Crippen LogP contribution < -0.4 is 10.1 Å². The van der Waals surface area contributed by atoms with Crippen LogP contribution >= 0.6 is 0 Å². The molecule has 5 rings (SSSR count). The Morgan fingerprint density at radius 3 is 2.48 bits per heavy atom. The van der Waals surface area contributed by atoms with Crippen LogP contribution in [-0.4, -0.2) is 34.6 Å². The Labute approximate surface area is 175 Å². The Morgan fingerprint density at radius 1 is 1.00 bits per heavy atom. The molecule has 2 N–H and O–H groups in total. The lowest BCUT2D eigenvalue weighted by Crippen LogP contribution is -2.99. The first-order chi connectivity index (χ1) is 15.0. The van der Waals surface area contributed by atoms with Crippen LogP contribution in [0.4, 0.5) is 11.4 Å². The summed E-state index contributed by atoms with van der Waals surface area (Å²) in [6, 6.07) is 18.3. The van der Waals surface area contributed by atoms with Gasteiger partial charge in [-0.05, 0) is 22.9 Å². The number of benzene rings is 3. The van der Waals surface area contributed by atoms with Gasteiger partial charge in [-0.3, -0.25) is 14.4 Å². The highest BCUT2D eigenvalue weighted by Crippen LogP contribution is 2.36. The number of carbonyl (C=O) groups is 3. The van der Waals surface area contributed by atoms with Crippen LogP contribution in [-0.2, 0) is 14.4 Å². The molecule has 154 valence electrons. The number of para-hydroxylation sites is 2. The average Bonchev–Trinajstić information content (AvgIpc) is 3.33. The quantitative estimate of drug-likeness (QED) is 0.375. The van der Waals surface area contributed by atoms with Crippen molar-refractivity contribution >= 4 is 45.5 Å². The molecule has 0 aromatic heterocycles.